The molecule has 0 bridgehead atoms. The zero-order chi connectivity index (χ0) is 25.0. The summed E-state index contributed by atoms with van der Waals surface area (Å²) in [6.45, 7) is 5.23. The molecular weight excluding hydrogens is 446 g/mol. The first-order valence-electron chi connectivity index (χ1n) is 12.3. The number of hydrogen-bond acceptors (Lipinski definition) is 5. The SMILES string of the molecule is COc1ccc2c(c1)C(C)(C)/C(=C/N=C1C(=O)C=C(N3CCc4ccccc43)c3ccccc31)N2C. The maximum absolute atomic E-state index is 13.5. The summed E-state index contributed by atoms with van der Waals surface area (Å²) in [6, 6.07) is 22.7. The fraction of sp³-hybridized carbons (Fsp3) is 0.226. The zero-order valence-corrected chi connectivity index (χ0v) is 21.1. The van der Waals surface area contributed by atoms with Gasteiger partial charge in [0.2, 0.25) is 5.78 Å². The summed E-state index contributed by atoms with van der Waals surface area (Å²) >= 11 is 0. The van der Waals surface area contributed by atoms with Gasteiger partial charge in [0.05, 0.1) is 12.8 Å². The van der Waals surface area contributed by atoms with E-state index in [1.807, 2.05) is 37.5 Å². The lowest BCUT2D eigenvalue weighted by atomic mass is 9.84. The highest BCUT2D eigenvalue weighted by molar-refractivity contribution is 6.53. The molecule has 0 saturated heterocycles. The Bertz CT molecular complexity index is 1500. The Kier molecular flexibility index (Phi) is 5.11. The number of likely N-dealkylation sites (N-methyl/N-ethyl adjacent to an activating group) is 1. The molecule has 180 valence electrons. The molecule has 0 spiro atoms. The van der Waals surface area contributed by atoms with Crippen LogP contribution >= 0.6 is 0 Å². The predicted molar refractivity (Wildman–Crippen MR) is 146 cm³/mol. The second kappa shape index (κ2) is 8.23. The molecule has 2 heterocycles. The number of rotatable bonds is 3. The van der Waals surface area contributed by atoms with Crippen LogP contribution in [0.5, 0.6) is 5.75 Å². The number of carbonyl (C=O) groups is 1. The van der Waals surface area contributed by atoms with Crippen molar-refractivity contribution in [2.24, 2.45) is 4.99 Å². The Balaban J connectivity index is 1.41. The van der Waals surface area contributed by atoms with Crippen molar-refractivity contribution in [3.63, 3.8) is 0 Å². The van der Waals surface area contributed by atoms with Gasteiger partial charge in [-0.1, -0.05) is 56.3 Å². The predicted octanol–water partition coefficient (Wildman–Crippen LogP) is 5.74. The molecule has 0 unspecified atom stereocenters. The number of aliphatic imine (C=N–C) groups is 1. The molecule has 5 heteroatoms. The summed E-state index contributed by atoms with van der Waals surface area (Å²) in [5.74, 6) is 0.767. The van der Waals surface area contributed by atoms with Crippen molar-refractivity contribution in [1.29, 1.82) is 0 Å². The van der Waals surface area contributed by atoms with Gasteiger partial charge < -0.3 is 14.5 Å². The van der Waals surface area contributed by atoms with Crippen molar-refractivity contribution < 1.29 is 9.53 Å². The average Bonchev–Trinajstić information content (AvgIpc) is 3.40. The molecule has 36 heavy (non-hydrogen) atoms. The fourth-order valence-corrected chi connectivity index (χ4v) is 5.76. The van der Waals surface area contributed by atoms with E-state index in [9.17, 15) is 4.79 Å². The van der Waals surface area contributed by atoms with E-state index in [4.69, 9.17) is 9.73 Å². The lowest BCUT2D eigenvalue weighted by Crippen LogP contribution is -2.28. The molecule has 3 aromatic rings. The molecule has 0 N–H and O–H groups in total. The van der Waals surface area contributed by atoms with Gasteiger partial charge in [0.15, 0.2) is 0 Å². The molecule has 3 aromatic carbocycles. The standard InChI is InChI=1S/C31H29N3O2/c1-31(2)24-17-21(36-4)13-14-26(24)33(3)29(31)19-32-30-23-11-7-6-10-22(23)27(18-28(30)35)34-16-15-20-9-5-8-12-25(20)34/h5-14,17-19H,15-16H2,1-4H3/b29-19-,32-30?. The number of nitrogens with zero attached hydrogens (tertiary/aromatic N) is 3. The topological polar surface area (TPSA) is 45.1 Å². The van der Waals surface area contributed by atoms with E-state index >= 15 is 0 Å². The molecule has 1 aliphatic carbocycles. The summed E-state index contributed by atoms with van der Waals surface area (Å²) in [5, 5.41) is 0. The normalized spacial score (nSPS) is 19.9. The van der Waals surface area contributed by atoms with Crippen LogP contribution in [-0.4, -0.2) is 32.2 Å². The van der Waals surface area contributed by atoms with E-state index in [1.165, 1.54) is 16.8 Å². The van der Waals surface area contributed by atoms with Crippen LogP contribution in [0.2, 0.25) is 0 Å². The van der Waals surface area contributed by atoms with Gasteiger partial charge in [-0.2, -0.15) is 0 Å². The first-order chi connectivity index (χ1) is 17.4. The molecule has 2 aliphatic heterocycles. The first kappa shape index (κ1) is 22.4. The van der Waals surface area contributed by atoms with Crippen molar-refractivity contribution in [1.82, 2.24) is 0 Å². The Labute approximate surface area is 212 Å². The molecule has 0 amide bonds. The van der Waals surface area contributed by atoms with Crippen LogP contribution in [0.3, 0.4) is 0 Å². The number of allylic oxidation sites excluding steroid dienone is 2. The van der Waals surface area contributed by atoms with Crippen molar-refractivity contribution in [3.8, 4) is 5.75 Å². The minimum absolute atomic E-state index is 0.0671. The Hall–Kier alpha value is -4.12. The minimum Gasteiger partial charge on any atom is -0.497 e. The van der Waals surface area contributed by atoms with Gasteiger partial charge in [0.25, 0.3) is 0 Å². The van der Waals surface area contributed by atoms with Gasteiger partial charge in [0, 0.05) is 59.5 Å². The summed E-state index contributed by atoms with van der Waals surface area (Å²) < 4.78 is 5.47. The number of hydrogen-bond donors (Lipinski definition) is 0. The van der Waals surface area contributed by atoms with Crippen LogP contribution in [0.15, 0.2) is 89.7 Å². The van der Waals surface area contributed by atoms with E-state index in [-0.39, 0.29) is 11.2 Å². The van der Waals surface area contributed by atoms with E-state index in [1.54, 1.807) is 13.2 Å². The number of para-hydroxylation sites is 1. The molecule has 0 radical (unpaired) electrons. The Morgan fingerprint density at radius 2 is 1.72 bits per heavy atom. The summed E-state index contributed by atoms with van der Waals surface area (Å²) in [7, 11) is 3.73. The third-order valence-corrected chi connectivity index (χ3v) is 7.69. The van der Waals surface area contributed by atoms with Gasteiger partial charge in [-0.3, -0.25) is 9.79 Å². The van der Waals surface area contributed by atoms with Gasteiger partial charge in [0.1, 0.15) is 11.5 Å². The molecule has 0 atom stereocenters. The van der Waals surface area contributed by atoms with Gasteiger partial charge >= 0.3 is 0 Å². The van der Waals surface area contributed by atoms with Gasteiger partial charge in [-0.25, -0.2) is 0 Å². The number of anilines is 2. The quantitative estimate of drug-likeness (QED) is 0.485. The number of ketones is 1. The average molecular weight is 476 g/mol. The van der Waals surface area contributed by atoms with Crippen molar-refractivity contribution >= 4 is 28.6 Å². The van der Waals surface area contributed by atoms with Crippen molar-refractivity contribution in [2.75, 3.05) is 30.5 Å². The maximum atomic E-state index is 13.5. The maximum Gasteiger partial charge on any atom is 0.206 e. The van der Waals surface area contributed by atoms with Crippen LogP contribution in [-0.2, 0) is 16.6 Å². The highest BCUT2D eigenvalue weighted by Gasteiger charge is 2.39. The summed E-state index contributed by atoms with van der Waals surface area (Å²) in [5.41, 5.74) is 8.89. The molecule has 0 fully saturated rings. The minimum atomic E-state index is -0.278. The van der Waals surface area contributed by atoms with Crippen molar-refractivity contribution in [2.45, 2.75) is 25.7 Å². The monoisotopic (exact) mass is 475 g/mol. The molecule has 0 aromatic heterocycles. The fourth-order valence-electron chi connectivity index (χ4n) is 5.76. The molecule has 0 saturated carbocycles. The Morgan fingerprint density at radius 3 is 2.53 bits per heavy atom. The molecular formula is C31H29N3O2. The second-order valence-corrected chi connectivity index (χ2v) is 10.0. The number of ether oxygens (including phenoxy) is 1. The van der Waals surface area contributed by atoms with Gasteiger partial charge in [-0.15, -0.1) is 0 Å². The number of fused-ring (bicyclic) bond motifs is 3. The summed E-state index contributed by atoms with van der Waals surface area (Å²) in [4.78, 5) is 22.7. The van der Waals surface area contributed by atoms with Crippen molar-refractivity contribution in [3.05, 3.63) is 107 Å². The number of benzene rings is 3. The molecule has 3 aliphatic rings. The Morgan fingerprint density at radius 1 is 0.972 bits per heavy atom. The highest BCUT2D eigenvalue weighted by Crippen LogP contribution is 2.48. The number of carbonyl (C=O) groups excluding carboxylic acids is 1. The van der Waals surface area contributed by atoms with Gasteiger partial charge in [-0.05, 0) is 41.8 Å². The third-order valence-electron chi connectivity index (χ3n) is 7.69. The largest absolute Gasteiger partial charge is 0.497 e. The lowest BCUT2D eigenvalue weighted by molar-refractivity contribution is -0.108. The van der Waals surface area contributed by atoms with E-state index < -0.39 is 0 Å². The van der Waals surface area contributed by atoms with E-state index in [0.29, 0.717) is 5.71 Å². The molecule has 5 nitrogen and oxygen atoms in total. The smallest absolute Gasteiger partial charge is 0.206 e. The first-order valence-corrected chi connectivity index (χ1v) is 12.3. The van der Waals surface area contributed by atoms with E-state index in [2.05, 4.69) is 66.1 Å². The van der Waals surface area contributed by atoms with E-state index in [0.717, 1.165) is 46.9 Å². The van der Waals surface area contributed by atoms with Crippen LogP contribution in [0.4, 0.5) is 11.4 Å². The van der Waals surface area contributed by atoms with Crippen LogP contribution in [0.1, 0.15) is 36.1 Å². The third kappa shape index (κ3) is 3.30. The highest BCUT2D eigenvalue weighted by atomic mass is 16.5. The zero-order valence-electron chi connectivity index (χ0n) is 21.1. The summed E-state index contributed by atoms with van der Waals surface area (Å²) in [6.07, 6.45) is 4.59. The second-order valence-electron chi connectivity index (χ2n) is 10.0. The van der Waals surface area contributed by atoms with Crippen LogP contribution < -0.4 is 14.5 Å². The molecule has 6 rings (SSSR count). The van der Waals surface area contributed by atoms with Crippen LogP contribution in [0, 0.1) is 0 Å². The van der Waals surface area contributed by atoms with Crippen LogP contribution in [0.25, 0.3) is 5.70 Å². The number of methoxy groups -OCH3 is 1. The lowest BCUT2D eigenvalue weighted by Gasteiger charge is -2.28.